The average molecular weight is 341 g/mol. The van der Waals surface area contributed by atoms with E-state index in [0.717, 1.165) is 42.6 Å². The third kappa shape index (κ3) is 4.10. The molecule has 1 heterocycles. The summed E-state index contributed by atoms with van der Waals surface area (Å²) in [7, 11) is 1.77. The number of likely N-dealkylation sites (N-methyl/N-ethyl adjacent to an activating group) is 1. The van der Waals surface area contributed by atoms with Crippen molar-refractivity contribution in [3.63, 3.8) is 0 Å². The Morgan fingerprint density at radius 2 is 1.88 bits per heavy atom. The summed E-state index contributed by atoms with van der Waals surface area (Å²) in [6.45, 7) is 5.13. The van der Waals surface area contributed by atoms with Gasteiger partial charge in [0.05, 0.1) is 17.8 Å². The molecule has 0 atom stereocenters. The topological polar surface area (TPSA) is 58.4 Å². The normalized spacial score (nSPS) is 16.2. The van der Waals surface area contributed by atoms with Gasteiger partial charge in [-0.1, -0.05) is 25.0 Å². The fourth-order valence-electron chi connectivity index (χ4n) is 3.69. The van der Waals surface area contributed by atoms with Crippen LogP contribution in [0.15, 0.2) is 30.3 Å². The molecule has 0 unspecified atom stereocenters. The van der Waals surface area contributed by atoms with Crippen molar-refractivity contribution in [1.29, 1.82) is 0 Å². The summed E-state index contributed by atoms with van der Waals surface area (Å²) in [6.07, 6.45) is 3.65. The predicted molar refractivity (Wildman–Crippen MR) is 97.6 cm³/mol. The Kier molecular flexibility index (Phi) is 4.95. The molecule has 1 aliphatic carbocycles. The molecule has 1 aromatic heterocycles. The summed E-state index contributed by atoms with van der Waals surface area (Å²) in [5.41, 5.74) is 3.19. The maximum Gasteiger partial charge on any atom is 0.253 e. The number of hydrogen-bond acceptors (Lipinski definition) is 3. The van der Waals surface area contributed by atoms with Gasteiger partial charge in [0.2, 0.25) is 0 Å². The van der Waals surface area contributed by atoms with Gasteiger partial charge >= 0.3 is 0 Å². The average Bonchev–Trinajstić information content (AvgIpc) is 3.13. The van der Waals surface area contributed by atoms with E-state index < -0.39 is 5.60 Å². The molecule has 0 aliphatic heterocycles. The Hall–Kier alpha value is -2.14. The monoisotopic (exact) mass is 341 g/mol. The lowest BCUT2D eigenvalue weighted by molar-refractivity contribution is 0.0157. The lowest BCUT2D eigenvalue weighted by Gasteiger charge is -2.28. The Morgan fingerprint density at radius 3 is 2.44 bits per heavy atom. The molecule has 25 heavy (non-hydrogen) atoms. The molecule has 0 saturated heterocycles. The number of carbonyl (C=O) groups is 1. The summed E-state index contributed by atoms with van der Waals surface area (Å²) < 4.78 is 1.97. The van der Waals surface area contributed by atoms with Gasteiger partial charge in [-0.05, 0) is 50.5 Å². The van der Waals surface area contributed by atoms with Gasteiger partial charge in [0.1, 0.15) is 0 Å². The standard InChI is InChI=1S/C20H27N3O2/c1-15-12-16(2)23(21-15)13-17-6-8-18(9-7-17)19(24)22(3)14-20(25)10-4-5-11-20/h6-9,12,25H,4-5,10-11,13-14H2,1-3H3. The van der Waals surface area contributed by atoms with Crippen LogP contribution < -0.4 is 0 Å². The van der Waals surface area contributed by atoms with Crippen LogP contribution in [0.3, 0.4) is 0 Å². The first-order chi connectivity index (χ1) is 11.9. The van der Waals surface area contributed by atoms with Crippen molar-refractivity contribution in [1.82, 2.24) is 14.7 Å². The molecule has 3 rings (SSSR count). The van der Waals surface area contributed by atoms with E-state index in [4.69, 9.17) is 0 Å². The molecular weight excluding hydrogens is 314 g/mol. The number of aryl methyl sites for hydroxylation is 2. The summed E-state index contributed by atoms with van der Waals surface area (Å²) in [6, 6.07) is 9.72. The van der Waals surface area contributed by atoms with Gasteiger partial charge in [0.25, 0.3) is 5.91 Å². The third-order valence-electron chi connectivity index (χ3n) is 5.05. The summed E-state index contributed by atoms with van der Waals surface area (Å²) in [4.78, 5) is 14.2. The maximum atomic E-state index is 12.6. The first-order valence-electron chi connectivity index (χ1n) is 8.94. The van der Waals surface area contributed by atoms with Gasteiger partial charge in [0.15, 0.2) is 0 Å². The Balaban J connectivity index is 1.65. The van der Waals surface area contributed by atoms with Crippen LogP contribution in [0.25, 0.3) is 0 Å². The minimum Gasteiger partial charge on any atom is -0.388 e. The smallest absolute Gasteiger partial charge is 0.253 e. The molecule has 1 saturated carbocycles. The van der Waals surface area contributed by atoms with Crippen LogP contribution in [0.5, 0.6) is 0 Å². The molecule has 134 valence electrons. The van der Waals surface area contributed by atoms with Crippen molar-refractivity contribution in [2.45, 2.75) is 51.7 Å². The van der Waals surface area contributed by atoms with E-state index in [1.165, 1.54) is 0 Å². The van der Waals surface area contributed by atoms with Crippen molar-refractivity contribution >= 4 is 5.91 Å². The Labute approximate surface area is 149 Å². The molecule has 0 radical (unpaired) electrons. The fourth-order valence-corrected chi connectivity index (χ4v) is 3.69. The van der Waals surface area contributed by atoms with Crippen LogP contribution >= 0.6 is 0 Å². The van der Waals surface area contributed by atoms with Gasteiger partial charge in [-0.2, -0.15) is 5.10 Å². The number of benzene rings is 1. The number of carbonyl (C=O) groups excluding carboxylic acids is 1. The molecular formula is C20H27N3O2. The summed E-state index contributed by atoms with van der Waals surface area (Å²) in [5, 5.41) is 15.0. The predicted octanol–water partition coefficient (Wildman–Crippen LogP) is 2.93. The van der Waals surface area contributed by atoms with Crippen LogP contribution in [-0.2, 0) is 6.54 Å². The van der Waals surface area contributed by atoms with Crippen molar-refractivity contribution < 1.29 is 9.90 Å². The zero-order valence-electron chi connectivity index (χ0n) is 15.3. The van der Waals surface area contributed by atoms with E-state index in [1.54, 1.807) is 11.9 Å². The van der Waals surface area contributed by atoms with Crippen molar-refractivity contribution in [3.05, 3.63) is 52.8 Å². The summed E-state index contributed by atoms with van der Waals surface area (Å²) in [5.74, 6) is -0.0435. The van der Waals surface area contributed by atoms with Crippen molar-refractivity contribution in [3.8, 4) is 0 Å². The number of rotatable bonds is 5. The van der Waals surface area contributed by atoms with Crippen LogP contribution in [0, 0.1) is 13.8 Å². The summed E-state index contributed by atoms with van der Waals surface area (Å²) >= 11 is 0. The number of aromatic nitrogens is 2. The highest BCUT2D eigenvalue weighted by molar-refractivity contribution is 5.94. The third-order valence-corrected chi connectivity index (χ3v) is 5.05. The van der Waals surface area contributed by atoms with E-state index in [2.05, 4.69) is 11.2 Å². The molecule has 0 bridgehead atoms. The van der Waals surface area contributed by atoms with Crippen molar-refractivity contribution in [2.75, 3.05) is 13.6 Å². The molecule has 5 heteroatoms. The Bertz CT molecular complexity index is 743. The zero-order chi connectivity index (χ0) is 18.0. The highest BCUT2D eigenvalue weighted by Gasteiger charge is 2.33. The second-order valence-electron chi connectivity index (χ2n) is 7.37. The van der Waals surface area contributed by atoms with E-state index in [1.807, 2.05) is 42.8 Å². The number of aliphatic hydroxyl groups is 1. The van der Waals surface area contributed by atoms with Crippen LogP contribution in [0.1, 0.15) is 53.0 Å². The fraction of sp³-hybridized carbons (Fsp3) is 0.500. The Morgan fingerprint density at radius 1 is 1.24 bits per heavy atom. The first kappa shape index (κ1) is 17.7. The highest BCUT2D eigenvalue weighted by Crippen LogP contribution is 2.30. The van der Waals surface area contributed by atoms with Gasteiger partial charge in [-0.25, -0.2) is 0 Å². The van der Waals surface area contributed by atoms with Gasteiger partial charge in [-0.3, -0.25) is 9.48 Å². The highest BCUT2D eigenvalue weighted by atomic mass is 16.3. The molecule has 1 amide bonds. The lowest BCUT2D eigenvalue weighted by Crippen LogP contribution is -2.42. The van der Waals surface area contributed by atoms with Crippen molar-refractivity contribution in [2.24, 2.45) is 0 Å². The molecule has 5 nitrogen and oxygen atoms in total. The van der Waals surface area contributed by atoms with E-state index >= 15 is 0 Å². The molecule has 2 aromatic rings. The van der Waals surface area contributed by atoms with Gasteiger partial charge in [0, 0.05) is 24.8 Å². The largest absolute Gasteiger partial charge is 0.388 e. The molecule has 1 aromatic carbocycles. The quantitative estimate of drug-likeness (QED) is 0.910. The second kappa shape index (κ2) is 7.00. The number of nitrogens with zero attached hydrogens (tertiary/aromatic N) is 3. The lowest BCUT2D eigenvalue weighted by atomic mass is 10.0. The molecule has 1 aliphatic rings. The maximum absolute atomic E-state index is 12.6. The van der Waals surface area contributed by atoms with Gasteiger partial charge in [-0.15, -0.1) is 0 Å². The number of hydrogen-bond donors (Lipinski definition) is 1. The van der Waals surface area contributed by atoms with Crippen LogP contribution in [0.2, 0.25) is 0 Å². The minimum absolute atomic E-state index is 0.0435. The second-order valence-corrected chi connectivity index (χ2v) is 7.37. The van der Waals surface area contributed by atoms with Gasteiger partial charge < -0.3 is 10.0 Å². The SMILES string of the molecule is Cc1cc(C)n(Cc2ccc(C(=O)N(C)CC3(O)CCCC3)cc2)n1. The molecule has 1 fully saturated rings. The van der Waals surface area contributed by atoms with Crippen LogP contribution in [0.4, 0.5) is 0 Å². The molecule has 1 N–H and O–H groups in total. The van der Waals surface area contributed by atoms with Crippen LogP contribution in [-0.4, -0.2) is 44.9 Å². The van der Waals surface area contributed by atoms with E-state index in [-0.39, 0.29) is 5.91 Å². The first-order valence-corrected chi connectivity index (χ1v) is 8.94. The molecule has 0 spiro atoms. The zero-order valence-corrected chi connectivity index (χ0v) is 15.3. The minimum atomic E-state index is -0.709. The van der Waals surface area contributed by atoms with E-state index in [0.29, 0.717) is 18.7 Å². The van der Waals surface area contributed by atoms with E-state index in [9.17, 15) is 9.90 Å². The number of amides is 1.